The van der Waals surface area contributed by atoms with Gasteiger partial charge in [-0.15, -0.1) is 0 Å². The lowest BCUT2D eigenvalue weighted by atomic mass is 10.2. The maximum absolute atomic E-state index is 12.9. The fourth-order valence-electron chi connectivity index (χ4n) is 2.91. The number of nitrogens with two attached hydrogens (primary N) is 1. The van der Waals surface area contributed by atoms with Gasteiger partial charge in [0.15, 0.2) is 0 Å². The molecule has 0 aliphatic carbocycles. The van der Waals surface area contributed by atoms with E-state index in [1.807, 2.05) is 0 Å². The SMILES string of the molecule is COc1ccc(C(=O)Nc2cccc(NC(N)=O)c2)cc1S(=O)(=O)NCc1ccc(Cl)cc1. The van der Waals surface area contributed by atoms with Crippen molar-refractivity contribution in [1.82, 2.24) is 4.72 Å². The van der Waals surface area contributed by atoms with Crippen molar-refractivity contribution < 1.29 is 22.7 Å². The second-order valence-corrected chi connectivity index (χ2v) is 9.01. The van der Waals surface area contributed by atoms with Crippen LogP contribution in [-0.2, 0) is 16.6 Å². The number of benzene rings is 3. The molecule has 0 saturated carbocycles. The molecule has 3 amide bonds. The molecule has 33 heavy (non-hydrogen) atoms. The number of ether oxygens (including phenoxy) is 1. The molecule has 3 aromatic carbocycles. The first-order chi connectivity index (χ1) is 15.7. The number of carbonyl (C=O) groups excluding carboxylic acids is 2. The van der Waals surface area contributed by atoms with E-state index in [2.05, 4.69) is 15.4 Å². The lowest BCUT2D eigenvalue weighted by molar-refractivity contribution is 0.102. The van der Waals surface area contributed by atoms with Crippen LogP contribution in [-0.4, -0.2) is 27.5 Å². The number of hydrogen-bond donors (Lipinski definition) is 4. The van der Waals surface area contributed by atoms with Crippen LogP contribution >= 0.6 is 11.6 Å². The number of anilines is 2. The van der Waals surface area contributed by atoms with Crippen LogP contribution in [0.25, 0.3) is 0 Å². The van der Waals surface area contributed by atoms with Crippen molar-refractivity contribution in [1.29, 1.82) is 0 Å². The Kier molecular flexibility index (Phi) is 7.54. The molecule has 0 radical (unpaired) electrons. The number of carbonyl (C=O) groups is 2. The number of rotatable bonds is 8. The number of amides is 3. The molecule has 0 atom stereocenters. The molecule has 0 aliphatic rings. The van der Waals surface area contributed by atoms with Gasteiger partial charge >= 0.3 is 6.03 Å². The van der Waals surface area contributed by atoms with E-state index in [9.17, 15) is 18.0 Å². The molecular weight excluding hydrogens is 468 g/mol. The van der Waals surface area contributed by atoms with Crippen LogP contribution in [0.5, 0.6) is 5.75 Å². The number of sulfonamides is 1. The Morgan fingerprint density at radius 2 is 1.64 bits per heavy atom. The van der Waals surface area contributed by atoms with Crippen LogP contribution in [0.1, 0.15) is 15.9 Å². The summed E-state index contributed by atoms with van der Waals surface area (Å²) in [7, 11) is -2.67. The van der Waals surface area contributed by atoms with E-state index in [1.54, 1.807) is 42.5 Å². The highest BCUT2D eigenvalue weighted by Gasteiger charge is 2.22. The number of hydrogen-bond acceptors (Lipinski definition) is 5. The van der Waals surface area contributed by atoms with Gasteiger partial charge in [0.05, 0.1) is 7.11 Å². The van der Waals surface area contributed by atoms with Crippen molar-refractivity contribution in [3.8, 4) is 5.75 Å². The second-order valence-electron chi connectivity index (χ2n) is 6.84. The Hall–Kier alpha value is -3.60. The number of nitrogens with one attached hydrogen (secondary N) is 3. The maximum atomic E-state index is 12.9. The van der Waals surface area contributed by atoms with Gasteiger partial charge in [-0.05, 0) is 54.1 Å². The predicted octanol–water partition coefficient (Wildman–Crippen LogP) is 3.57. The zero-order valence-electron chi connectivity index (χ0n) is 17.5. The van der Waals surface area contributed by atoms with Crippen molar-refractivity contribution in [3.63, 3.8) is 0 Å². The number of halogens is 1. The number of primary amides is 1. The average molecular weight is 489 g/mol. The molecule has 0 unspecified atom stereocenters. The summed E-state index contributed by atoms with van der Waals surface area (Å²) < 4.78 is 33.5. The highest BCUT2D eigenvalue weighted by molar-refractivity contribution is 7.89. The van der Waals surface area contributed by atoms with E-state index in [-0.39, 0.29) is 22.8 Å². The summed E-state index contributed by atoms with van der Waals surface area (Å²) in [6, 6.07) is 16.4. The molecule has 0 spiro atoms. The fourth-order valence-corrected chi connectivity index (χ4v) is 4.24. The minimum atomic E-state index is -4.01. The molecule has 0 heterocycles. The molecule has 9 nitrogen and oxygen atoms in total. The van der Waals surface area contributed by atoms with Crippen LogP contribution in [0.4, 0.5) is 16.2 Å². The zero-order chi connectivity index (χ0) is 24.0. The van der Waals surface area contributed by atoms with E-state index in [1.165, 1.54) is 31.4 Å². The van der Waals surface area contributed by atoms with Crippen molar-refractivity contribution >= 4 is 44.9 Å². The molecule has 0 saturated heterocycles. The van der Waals surface area contributed by atoms with Crippen LogP contribution < -0.4 is 25.8 Å². The predicted molar refractivity (Wildman–Crippen MR) is 126 cm³/mol. The standard InChI is InChI=1S/C22H21ClN4O5S/c1-32-19-10-7-15(21(28)26-17-3-2-4-18(12-17)27-22(24)29)11-20(19)33(30,31)25-13-14-5-8-16(23)9-6-14/h2-12,25H,13H2,1H3,(H,26,28)(H3,24,27,29). The van der Waals surface area contributed by atoms with Crippen LogP contribution in [0.15, 0.2) is 71.6 Å². The molecule has 5 N–H and O–H groups in total. The molecule has 0 aliphatic heterocycles. The van der Waals surface area contributed by atoms with Gasteiger partial charge < -0.3 is 21.1 Å². The van der Waals surface area contributed by atoms with E-state index >= 15 is 0 Å². The fraction of sp³-hybridized carbons (Fsp3) is 0.0909. The summed E-state index contributed by atoms with van der Waals surface area (Å²) >= 11 is 5.86. The lowest BCUT2D eigenvalue weighted by Gasteiger charge is -2.13. The van der Waals surface area contributed by atoms with Gasteiger partial charge in [-0.25, -0.2) is 17.9 Å². The first kappa shape index (κ1) is 24.1. The lowest BCUT2D eigenvalue weighted by Crippen LogP contribution is -2.24. The van der Waals surface area contributed by atoms with Crippen LogP contribution in [0.2, 0.25) is 5.02 Å². The van der Waals surface area contributed by atoms with Crippen LogP contribution in [0.3, 0.4) is 0 Å². The van der Waals surface area contributed by atoms with Gasteiger partial charge in [-0.3, -0.25) is 4.79 Å². The second kappa shape index (κ2) is 10.3. The minimum absolute atomic E-state index is 0.0265. The van der Waals surface area contributed by atoms with E-state index in [0.717, 1.165) is 0 Å². The Bertz CT molecular complexity index is 1280. The summed E-state index contributed by atoms with van der Waals surface area (Å²) in [4.78, 5) is 23.6. The van der Waals surface area contributed by atoms with E-state index < -0.39 is 22.0 Å². The van der Waals surface area contributed by atoms with Gasteiger partial charge in [-0.1, -0.05) is 29.8 Å². The summed E-state index contributed by atoms with van der Waals surface area (Å²) in [6.45, 7) is 0.0265. The summed E-state index contributed by atoms with van der Waals surface area (Å²) in [6.07, 6.45) is 0. The summed E-state index contributed by atoms with van der Waals surface area (Å²) in [5.41, 5.74) is 6.68. The minimum Gasteiger partial charge on any atom is -0.495 e. The first-order valence-electron chi connectivity index (χ1n) is 9.58. The number of urea groups is 1. The molecule has 11 heteroatoms. The van der Waals surface area contributed by atoms with Crippen molar-refractivity contribution in [2.75, 3.05) is 17.7 Å². The third-order valence-electron chi connectivity index (χ3n) is 4.48. The highest BCUT2D eigenvalue weighted by Crippen LogP contribution is 2.26. The van der Waals surface area contributed by atoms with Crippen LogP contribution in [0, 0.1) is 0 Å². The number of methoxy groups -OCH3 is 1. The monoisotopic (exact) mass is 488 g/mol. The third-order valence-corrected chi connectivity index (χ3v) is 6.16. The third kappa shape index (κ3) is 6.45. The van der Waals surface area contributed by atoms with Gasteiger partial charge in [0.25, 0.3) is 5.91 Å². The molecule has 0 aromatic heterocycles. The molecule has 172 valence electrons. The molecule has 0 bridgehead atoms. The van der Waals surface area contributed by atoms with Crippen molar-refractivity contribution in [2.45, 2.75) is 11.4 Å². The summed E-state index contributed by atoms with van der Waals surface area (Å²) in [5, 5.41) is 5.60. The Balaban J connectivity index is 1.81. The molecule has 3 rings (SSSR count). The van der Waals surface area contributed by atoms with E-state index in [4.69, 9.17) is 22.1 Å². The van der Waals surface area contributed by atoms with Gasteiger partial charge in [0.1, 0.15) is 10.6 Å². The Labute approximate surface area is 195 Å². The van der Waals surface area contributed by atoms with Crippen molar-refractivity contribution in [2.24, 2.45) is 5.73 Å². The summed E-state index contributed by atoms with van der Waals surface area (Å²) in [5.74, 6) is -0.467. The Morgan fingerprint density at radius 1 is 0.970 bits per heavy atom. The largest absolute Gasteiger partial charge is 0.495 e. The molecule has 0 fully saturated rings. The normalized spacial score (nSPS) is 11.0. The van der Waals surface area contributed by atoms with Crippen molar-refractivity contribution in [3.05, 3.63) is 82.9 Å². The van der Waals surface area contributed by atoms with E-state index in [0.29, 0.717) is 22.0 Å². The zero-order valence-corrected chi connectivity index (χ0v) is 19.0. The highest BCUT2D eigenvalue weighted by atomic mass is 35.5. The Morgan fingerprint density at radius 3 is 2.27 bits per heavy atom. The average Bonchev–Trinajstić information content (AvgIpc) is 2.78. The van der Waals surface area contributed by atoms with Gasteiger partial charge in [-0.2, -0.15) is 0 Å². The van der Waals surface area contributed by atoms with Gasteiger partial charge in [0.2, 0.25) is 10.0 Å². The van der Waals surface area contributed by atoms with Gasteiger partial charge in [0, 0.05) is 28.5 Å². The maximum Gasteiger partial charge on any atom is 0.316 e. The topological polar surface area (TPSA) is 140 Å². The molecule has 3 aromatic rings. The molecular formula is C22H21ClN4O5S. The smallest absolute Gasteiger partial charge is 0.316 e. The quantitative estimate of drug-likeness (QED) is 0.383. The first-order valence-corrected chi connectivity index (χ1v) is 11.4.